The van der Waals surface area contributed by atoms with Gasteiger partial charge in [-0.3, -0.25) is 0 Å². The maximum atomic E-state index is 12.9. The molecule has 0 fully saturated rings. The van der Waals surface area contributed by atoms with Gasteiger partial charge in [-0.15, -0.1) is 0 Å². The van der Waals surface area contributed by atoms with Crippen LogP contribution in [0.5, 0.6) is 0 Å². The lowest BCUT2D eigenvalue weighted by Gasteiger charge is -2.14. The molecule has 136 valence electrons. The summed E-state index contributed by atoms with van der Waals surface area (Å²) in [4.78, 5) is 10.5. The first-order valence-corrected chi connectivity index (χ1v) is 7.91. The topological polar surface area (TPSA) is 53.1 Å². The largest absolute Gasteiger partial charge is 0.416 e. The second-order valence-corrected chi connectivity index (χ2v) is 6.14. The van der Waals surface area contributed by atoms with Gasteiger partial charge in [-0.1, -0.05) is 11.6 Å². The number of hydrogen-bond acceptors (Lipinski definition) is 5. The van der Waals surface area contributed by atoms with Crippen LogP contribution in [0, 0.1) is 6.92 Å². The zero-order valence-corrected chi connectivity index (χ0v) is 14.8. The Labute approximate surface area is 149 Å². The van der Waals surface area contributed by atoms with Gasteiger partial charge in [0.15, 0.2) is 0 Å². The van der Waals surface area contributed by atoms with Crippen LogP contribution in [0.25, 0.3) is 0 Å². The Balaban J connectivity index is 2.21. The van der Waals surface area contributed by atoms with Crippen molar-refractivity contribution >= 4 is 28.9 Å². The molecule has 0 aliphatic carbocycles. The number of nitrogens with zero attached hydrogens (tertiary/aromatic N) is 3. The predicted octanol–water partition coefficient (Wildman–Crippen LogP) is 4.17. The first kappa shape index (κ1) is 19.3. The molecule has 1 heterocycles. The van der Waals surface area contributed by atoms with Gasteiger partial charge in [-0.2, -0.15) is 13.2 Å². The zero-order chi connectivity index (χ0) is 18.6. The standard InChI is InChI=1S/C16H19ClF3N5/c1-10-22-14(21-6-7-25(2)3)9-15(23-10)24-13-8-11(16(18,19)20)4-5-12(13)17/h4-5,8-9H,6-7H2,1-3H3,(H2,21,22,23,24). The van der Waals surface area contributed by atoms with Crippen LogP contribution in [0.4, 0.5) is 30.5 Å². The quantitative estimate of drug-likeness (QED) is 0.795. The molecule has 25 heavy (non-hydrogen) atoms. The highest BCUT2D eigenvalue weighted by molar-refractivity contribution is 6.33. The number of aromatic nitrogens is 2. The average molecular weight is 374 g/mol. The monoisotopic (exact) mass is 373 g/mol. The Morgan fingerprint density at radius 1 is 1.12 bits per heavy atom. The summed E-state index contributed by atoms with van der Waals surface area (Å²) in [6.07, 6.45) is -4.44. The molecule has 1 aromatic carbocycles. The molecule has 5 nitrogen and oxygen atoms in total. The summed E-state index contributed by atoms with van der Waals surface area (Å²) >= 11 is 6.00. The average Bonchev–Trinajstić information content (AvgIpc) is 2.47. The van der Waals surface area contributed by atoms with Gasteiger partial charge in [0.2, 0.25) is 0 Å². The van der Waals surface area contributed by atoms with Crippen molar-refractivity contribution in [1.82, 2.24) is 14.9 Å². The van der Waals surface area contributed by atoms with Crippen LogP contribution in [-0.2, 0) is 6.18 Å². The SMILES string of the molecule is Cc1nc(NCCN(C)C)cc(Nc2cc(C(F)(F)F)ccc2Cl)n1. The van der Waals surface area contributed by atoms with Gasteiger partial charge in [-0.25, -0.2) is 9.97 Å². The van der Waals surface area contributed by atoms with Gasteiger partial charge < -0.3 is 15.5 Å². The number of rotatable bonds is 6. The fourth-order valence-electron chi connectivity index (χ4n) is 2.07. The Hall–Kier alpha value is -2.06. The third-order valence-electron chi connectivity index (χ3n) is 3.26. The van der Waals surface area contributed by atoms with Crippen LogP contribution < -0.4 is 10.6 Å². The number of alkyl halides is 3. The fraction of sp³-hybridized carbons (Fsp3) is 0.375. The van der Waals surface area contributed by atoms with Crippen molar-refractivity contribution in [3.05, 3.63) is 40.7 Å². The van der Waals surface area contributed by atoms with Gasteiger partial charge in [0.1, 0.15) is 17.5 Å². The van der Waals surface area contributed by atoms with Gasteiger partial charge in [0.05, 0.1) is 16.3 Å². The fourth-order valence-corrected chi connectivity index (χ4v) is 2.23. The molecule has 0 atom stereocenters. The Bertz CT molecular complexity index is 734. The summed E-state index contributed by atoms with van der Waals surface area (Å²) in [5.74, 6) is 1.43. The Kier molecular flexibility index (Phi) is 6.07. The molecule has 0 aliphatic rings. The van der Waals surface area contributed by atoms with E-state index in [9.17, 15) is 13.2 Å². The second kappa shape index (κ2) is 7.88. The lowest BCUT2D eigenvalue weighted by Crippen LogP contribution is -2.21. The highest BCUT2D eigenvalue weighted by Crippen LogP contribution is 2.34. The first-order chi connectivity index (χ1) is 11.6. The van der Waals surface area contributed by atoms with E-state index in [1.165, 1.54) is 6.07 Å². The molecular formula is C16H19ClF3N5. The summed E-state index contributed by atoms with van der Waals surface area (Å²) < 4.78 is 38.6. The zero-order valence-electron chi connectivity index (χ0n) is 14.1. The van der Waals surface area contributed by atoms with Gasteiger partial charge in [-0.05, 0) is 39.2 Å². The predicted molar refractivity (Wildman–Crippen MR) is 93.5 cm³/mol. The van der Waals surface area contributed by atoms with Crippen molar-refractivity contribution in [2.45, 2.75) is 13.1 Å². The number of anilines is 3. The molecule has 0 aliphatic heterocycles. The maximum absolute atomic E-state index is 12.9. The van der Waals surface area contributed by atoms with E-state index in [0.29, 0.717) is 24.0 Å². The molecule has 2 rings (SSSR count). The summed E-state index contributed by atoms with van der Waals surface area (Å²) in [6, 6.07) is 4.72. The molecule has 2 aromatic rings. The molecule has 0 amide bonds. The molecule has 9 heteroatoms. The summed E-state index contributed by atoms with van der Waals surface area (Å²) in [6.45, 7) is 3.19. The number of halogens is 4. The van der Waals surface area contributed by atoms with Gasteiger partial charge in [0.25, 0.3) is 0 Å². The van der Waals surface area contributed by atoms with Crippen molar-refractivity contribution < 1.29 is 13.2 Å². The summed E-state index contributed by atoms with van der Waals surface area (Å²) in [5, 5.41) is 6.15. The van der Waals surface area contributed by atoms with E-state index in [-0.39, 0.29) is 10.7 Å². The molecule has 0 bridgehead atoms. The van der Waals surface area contributed by atoms with E-state index in [4.69, 9.17) is 11.6 Å². The maximum Gasteiger partial charge on any atom is 0.416 e. The van der Waals surface area contributed by atoms with Crippen molar-refractivity contribution in [1.29, 1.82) is 0 Å². The minimum Gasteiger partial charge on any atom is -0.369 e. The number of likely N-dealkylation sites (N-methyl/N-ethyl adjacent to an activating group) is 1. The third-order valence-corrected chi connectivity index (χ3v) is 3.59. The summed E-state index contributed by atoms with van der Waals surface area (Å²) in [7, 11) is 3.91. The number of hydrogen-bond donors (Lipinski definition) is 2. The first-order valence-electron chi connectivity index (χ1n) is 7.53. The summed E-state index contributed by atoms with van der Waals surface area (Å²) in [5.41, 5.74) is -0.650. The molecule has 1 aromatic heterocycles. The van der Waals surface area contributed by atoms with E-state index in [0.717, 1.165) is 18.7 Å². The number of nitrogens with one attached hydrogen (secondary N) is 2. The van der Waals surface area contributed by atoms with E-state index in [2.05, 4.69) is 20.6 Å². The van der Waals surface area contributed by atoms with Gasteiger partial charge >= 0.3 is 6.18 Å². The molecule has 0 saturated carbocycles. The molecule has 2 N–H and O–H groups in total. The van der Waals surface area contributed by atoms with Crippen LogP contribution in [0.3, 0.4) is 0 Å². The molecule has 0 saturated heterocycles. The number of benzene rings is 1. The van der Waals surface area contributed by atoms with E-state index < -0.39 is 11.7 Å². The highest BCUT2D eigenvalue weighted by Gasteiger charge is 2.31. The smallest absolute Gasteiger partial charge is 0.369 e. The van der Waals surface area contributed by atoms with Crippen molar-refractivity contribution in [2.75, 3.05) is 37.8 Å². The van der Waals surface area contributed by atoms with Crippen molar-refractivity contribution in [3.63, 3.8) is 0 Å². The minimum atomic E-state index is -4.44. The van der Waals surface area contributed by atoms with Crippen LogP contribution in [0.1, 0.15) is 11.4 Å². The molecular weight excluding hydrogens is 355 g/mol. The van der Waals surface area contributed by atoms with E-state index >= 15 is 0 Å². The van der Waals surface area contributed by atoms with E-state index in [1.54, 1.807) is 13.0 Å². The number of aryl methyl sites for hydroxylation is 1. The minimum absolute atomic E-state index is 0.133. The second-order valence-electron chi connectivity index (χ2n) is 5.73. The van der Waals surface area contributed by atoms with Crippen LogP contribution in [-0.4, -0.2) is 42.1 Å². The molecule has 0 radical (unpaired) electrons. The Morgan fingerprint density at radius 2 is 1.80 bits per heavy atom. The van der Waals surface area contributed by atoms with Gasteiger partial charge in [0, 0.05) is 19.2 Å². The normalized spacial score (nSPS) is 11.7. The lowest BCUT2D eigenvalue weighted by atomic mass is 10.2. The Morgan fingerprint density at radius 3 is 2.44 bits per heavy atom. The third kappa shape index (κ3) is 5.75. The van der Waals surface area contributed by atoms with Crippen molar-refractivity contribution in [2.24, 2.45) is 0 Å². The highest BCUT2D eigenvalue weighted by atomic mass is 35.5. The van der Waals surface area contributed by atoms with Crippen LogP contribution >= 0.6 is 11.6 Å². The van der Waals surface area contributed by atoms with Crippen LogP contribution in [0.15, 0.2) is 24.3 Å². The lowest BCUT2D eigenvalue weighted by molar-refractivity contribution is -0.137. The molecule has 0 unspecified atom stereocenters. The van der Waals surface area contributed by atoms with Crippen LogP contribution in [0.2, 0.25) is 5.02 Å². The van der Waals surface area contributed by atoms with E-state index in [1.807, 2.05) is 19.0 Å². The van der Waals surface area contributed by atoms with Crippen molar-refractivity contribution in [3.8, 4) is 0 Å². The molecule has 0 spiro atoms.